The number of nitrogens with one attached hydrogen (secondary N) is 2. The molecule has 0 aliphatic carbocycles. The van der Waals surface area contributed by atoms with Crippen LogP contribution in [0.1, 0.15) is 25.3 Å². The monoisotopic (exact) mass is 467 g/mol. The molecule has 3 aromatic heterocycles. The van der Waals surface area contributed by atoms with Crippen molar-refractivity contribution in [2.75, 3.05) is 30.9 Å². The molecular formula is C23H26ClN7O2. The molecule has 0 saturated carbocycles. The second-order valence-electron chi connectivity index (χ2n) is 7.98. The predicted octanol–water partition coefficient (Wildman–Crippen LogP) is 4.26. The lowest BCUT2D eigenvalue weighted by Crippen LogP contribution is -2.19. The molecule has 1 fully saturated rings. The molecule has 0 bridgehead atoms. The molecule has 4 aromatic rings. The van der Waals surface area contributed by atoms with Crippen LogP contribution in [0.25, 0.3) is 21.8 Å². The van der Waals surface area contributed by atoms with Crippen LogP contribution in [-0.2, 0) is 17.8 Å². The van der Waals surface area contributed by atoms with E-state index in [-0.39, 0.29) is 6.10 Å². The summed E-state index contributed by atoms with van der Waals surface area (Å²) in [4.78, 5) is 4.67. The maximum absolute atomic E-state index is 6.29. The van der Waals surface area contributed by atoms with Crippen molar-refractivity contribution >= 4 is 45.0 Å². The summed E-state index contributed by atoms with van der Waals surface area (Å²) in [5, 5.41) is 23.6. The first kappa shape index (κ1) is 21.7. The van der Waals surface area contributed by atoms with Crippen molar-refractivity contribution in [3.8, 4) is 5.75 Å². The SMILES string of the molecule is CCn1ncc2c3c(NCc4ccc(OC)c(Cl)c4)nnc(NC[C@@H]4CCCO4)c3cnc21. The molecule has 4 heterocycles. The molecule has 2 N–H and O–H groups in total. The normalized spacial score (nSPS) is 15.9. The van der Waals surface area contributed by atoms with E-state index in [4.69, 9.17) is 21.1 Å². The van der Waals surface area contributed by atoms with Crippen molar-refractivity contribution < 1.29 is 9.47 Å². The maximum Gasteiger partial charge on any atom is 0.158 e. The Kier molecular flexibility index (Phi) is 6.15. The summed E-state index contributed by atoms with van der Waals surface area (Å²) in [6, 6.07) is 5.71. The Morgan fingerprint density at radius 2 is 2.06 bits per heavy atom. The third-order valence-corrected chi connectivity index (χ3v) is 6.20. The largest absolute Gasteiger partial charge is 0.495 e. The molecule has 1 aliphatic rings. The maximum atomic E-state index is 6.29. The van der Waals surface area contributed by atoms with Crippen LogP contribution >= 0.6 is 11.6 Å². The first-order chi connectivity index (χ1) is 16.2. The third kappa shape index (κ3) is 4.26. The predicted molar refractivity (Wildman–Crippen MR) is 129 cm³/mol. The van der Waals surface area contributed by atoms with E-state index in [2.05, 4.69) is 30.9 Å². The quantitative estimate of drug-likeness (QED) is 0.396. The Balaban J connectivity index is 1.50. The highest BCUT2D eigenvalue weighted by Crippen LogP contribution is 2.33. The summed E-state index contributed by atoms with van der Waals surface area (Å²) in [6.45, 7) is 4.81. The molecule has 172 valence electrons. The minimum absolute atomic E-state index is 0.194. The van der Waals surface area contributed by atoms with Crippen molar-refractivity contribution in [1.82, 2.24) is 25.0 Å². The molecular weight excluding hydrogens is 442 g/mol. The third-order valence-electron chi connectivity index (χ3n) is 5.91. The van der Waals surface area contributed by atoms with Gasteiger partial charge in [0.2, 0.25) is 0 Å². The first-order valence-corrected chi connectivity index (χ1v) is 11.5. The summed E-state index contributed by atoms with van der Waals surface area (Å²) >= 11 is 6.29. The fraction of sp³-hybridized carbons (Fsp3) is 0.391. The fourth-order valence-corrected chi connectivity index (χ4v) is 4.45. The molecule has 0 radical (unpaired) electrons. The highest BCUT2D eigenvalue weighted by atomic mass is 35.5. The minimum atomic E-state index is 0.194. The van der Waals surface area contributed by atoms with Gasteiger partial charge in [0, 0.05) is 43.2 Å². The van der Waals surface area contributed by atoms with Gasteiger partial charge in [-0.3, -0.25) is 0 Å². The number of methoxy groups -OCH3 is 1. The van der Waals surface area contributed by atoms with E-state index in [0.717, 1.165) is 53.4 Å². The number of aryl methyl sites for hydroxylation is 1. The fourth-order valence-electron chi connectivity index (χ4n) is 4.17. The van der Waals surface area contributed by atoms with E-state index in [0.29, 0.717) is 35.5 Å². The van der Waals surface area contributed by atoms with Gasteiger partial charge in [-0.05, 0) is 37.5 Å². The van der Waals surface area contributed by atoms with Gasteiger partial charge in [0.1, 0.15) is 5.75 Å². The number of pyridine rings is 1. The van der Waals surface area contributed by atoms with Gasteiger partial charge in [-0.15, -0.1) is 10.2 Å². The van der Waals surface area contributed by atoms with Crippen molar-refractivity contribution in [3.05, 3.63) is 41.2 Å². The van der Waals surface area contributed by atoms with E-state index in [9.17, 15) is 0 Å². The zero-order valence-electron chi connectivity index (χ0n) is 18.6. The average molecular weight is 468 g/mol. The highest BCUT2D eigenvalue weighted by Gasteiger charge is 2.19. The van der Waals surface area contributed by atoms with Gasteiger partial charge in [0.05, 0.1) is 29.8 Å². The summed E-state index contributed by atoms with van der Waals surface area (Å²) in [5.74, 6) is 2.01. The average Bonchev–Trinajstić information content (AvgIpc) is 3.51. The summed E-state index contributed by atoms with van der Waals surface area (Å²) in [5.41, 5.74) is 1.82. The Bertz CT molecular complexity index is 1290. The van der Waals surface area contributed by atoms with Crippen LogP contribution in [0.5, 0.6) is 5.75 Å². The van der Waals surface area contributed by atoms with E-state index in [1.54, 1.807) is 7.11 Å². The van der Waals surface area contributed by atoms with Gasteiger partial charge in [-0.25, -0.2) is 9.67 Å². The number of anilines is 2. The van der Waals surface area contributed by atoms with Gasteiger partial charge in [-0.2, -0.15) is 5.10 Å². The van der Waals surface area contributed by atoms with Gasteiger partial charge in [0.15, 0.2) is 17.3 Å². The molecule has 1 saturated heterocycles. The zero-order valence-corrected chi connectivity index (χ0v) is 19.4. The number of rotatable bonds is 8. The van der Waals surface area contributed by atoms with Gasteiger partial charge in [-0.1, -0.05) is 17.7 Å². The molecule has 1 atom stereocenters. The van der Waals surface area contributed by atoms with E-state index in [1.807, 2.05) is 42.2 Å². The van der Waals surface area contributed by atoms with E-state index < -0.39 is 0 Å². The van der Waals surface area contributed by atoms with Crippen LogP contribution in [0, 0.1) is 0 Å². The van der Waals surface area contributed by atoms with E-state index >= 15 is 0 Å². The standard InChI is InChI=1S/C23H26ClN7O2/c1-3-31-23-17(13-28-31)20-16(12-27-23)21(26-11-15-5-4-8-33-15)29-30-22(20)25-10-14-6-7-19(32-2)18(24)9-14/h6-7,9,12-13,15H,3-5,8,10-11H2,1-2H3,(H,25,30)(H,26,29)/t15-/m0/s1. The second-order valence-corrected chi connectivity index (χ2v) is 8.39. The van der Waals surface area contributed by atoms with Gasteiger partial charge >= 0.3 is 0 Å². The van der Waals surface area contributed by atoms with Crippen LogP contribution in [-0.4, -0.2) is 51.3 Å². The number of nitrogens with zero attached hydrogens (tertiary/aromatic N) is 5. The first-order valence-electron chi connectivity index (χ1n) is 11.1. The van der Waals surface area contributed by atoms with Crippen LogP contribution in [0.15, 0.2) is 30.6 Å². The highest BCUT2D eigenvalue weighted by molar-refractivity contribution is 6.32. The number of hydrogen-bond donors (Lipinski definition) is 2. The Morgan fingerprint density at radius 3 is 2.82 bits per heavy atom. The summed E-state index contributed by atoms with van der Waals surface area (Å²) < 4.78 is 12.9. The van der Waals surface area contributed by atoms with Crippen molar-refractivity contribution in [2.45, 2.75) is 39.0 Å². The molecule has 33 heavy (non-hydrogen) atoms. The smallest absolute Gasteiger partial charge is 0.158 e. The molecule has 0 amide bonds. The number of ether oxygens (including phenoxy) is 2. The summed E-state index contributed by atoms with van der Waals surface area (Å²) in [7, 11) is 1.60. The molecule has 1 aromatic carbocycles. The molecule has 0 unspecified atom stereocenters. The Hall–Kier alpha value is -3.17. The zero-order chi connectivity index (χ0) is 22.8. The number of hydrogen-bond acceptors (Lipinski definition) is 8. The lowest BCUT2D eigenvalue weighted by atomic mass is 10.1. The lowest BCUT2D eigenvalue weighted by Gasteiger charge is -2.15. The van der Waals surface area contributed by atoms with Crippen molar-refractivity contribution in [2.24, 2.45) is 0 Å². The van der Waals surface area contributed by atoms with Crippen LogP contribution in [0.4, 0.5) is 11.6 Å². The number of aromatic nitrogens is 5. The van der Waals surface area contributed by atoms with Gasteiger partial charge < -0.3 is 20.1 Å². The Labute approximate surface area is 196 Å². The molecule has 10 heteroatoms. The summed E-state index contributed by atoms with van der Waals surface area (Å²) in [6.07, 6.45) is 6.02. The number of benzene rings is 1. The van der Waals surface area contributed by atoms with Gasteiger partial charge in [0.25, 0.3) is 0 Å². The van der Waals surface area contributed by atoms with Crippen LogP contribution in [0.2, 0.25) is 5.02 Å². The minimum Gasteiger partial charge on any atom is -0.495 e. The number of fused-ring (bicyclic) bond motifs is 3. The van der Waals surface area contributed by atoms with Crippen LogP contribution in [0.3, 0.4) is 0 Å². The van der Waals surface area contributed by atoms with Crippen molar-refractivity contribution in [3.63, 3.8) is 0 Å². The topological polar surface area (TPSA) is 99.0 Å². The second kappa shape index (κ2) is 9.36. The molecule has 9 nitrogen and oxygen atoms in total. The van der Waals surface area contributed by atoms with E-state index in [1.165, 1.54) is 0 Å². The molecule has 5 rings (SSSR count). The molecule has 0 spiro atoms. The van der Waals surface area contributed by atoms with Crippen LogP contribution < -0.4 is 15.4 Å². The van der Waals surface area contributed by atoms with Crippen molar-refractivity contribution in [1.29, 1.82) is 0 Å². The Morgan fingerprint density at radius 1 is 1.18 bits per heavy atom. The lowest BCUT2D eigenvalue weighted by molar-refractivity contribution is 0.120. The molecule has 1 aliphatic heterocycles. The number of halogens is 1.